The third-order valence-electron chi connectivity index (χ3n) is 6.16. The highest BCUT2D eigenvalue weighted by Crippen LogP contribution is 2.35. The van der Waals surface area contributed by atoms with E-state index < -0.39 is 11.7 Å². The van der Waals surface area contributed by atoms with Gasteiger partial charge in [0.2, 0.25) is 0 Å². The number of hydrogen-bond donors (Lipinski definition) is 0. The molecule has 0 aliphatic carbocycles. The first-order valence-electron chi connectivity index (χ1n) is 11.9. The van der Waals surface area contributed by atoms with E-state index in [1.807, 2.05) is 64.7 Å². The number of fused-ring (bicyclic) bond motifs is 1. The predicted molar refractivity (Wildman–Crippen MR) is 136 cm³/mol. The molecule has 0 N–H and O–H groups in total. The fourth-order valence-corrected chi connectivity index (χ4v) is 4.40. The number of benzene rings is 1. The minimum atomic E-state index is -0.646. The van der Waals surface area contributed by atoms with Crippen LogP contribution in [0.3, 0.4) is 0 Å². The Bertz CT molecular complexity index is 1220. The van der Waals surface area contributed by atoms with E-state index in [1.165, 1.54) is 0 Å². The van der Waals surface area contributed by atoms with E-state index in [9.17, 15) is 4.79 Å². The topological polar surface area (TPSA) is 81.9 Å². The fourth-order valence-electron chi connectivity index (χ4n) is 4.40. The number of hydrogen-bond acceptors (Lipinski definition) is 7. The molecule has 1 aliphatic rings. The summed E-state index contributed by atoms with van der Waals surface area (Å²) in [5, 5.41) is 5.52. The molecule has 1 saturated heterocycles. The van der Waals surface area contributed by atoms with Crippen LogP contribution in [-0.2, 0) is 23.1 Å². The van der Waals surface area contributed by atoms with Gasteiger partial charge in [0, 0.05) is 42.8 Å². The summed E-state index contributed by atoms with van der Waals surface area (Å²) in [4.78, 5) is 22.1. The van der Waals surface area contributed by atoms with Gasteiger partial charge in [-0.2, -0.15) is 5.10 Å². The van der Waals surface area contributed by atoms with Gasteiger partial charge in [-0.3, -0.25) is 14.6 Å². The van der Waals surface area contributed by atoms with Crippen LogP contribution in [0.25, 0.3) is 10.9 Å². The highest BCUT2D eigenvalue weighted by atomic mass is 16.6. The molecule has 0 bridgehead atoms. The van der Waals surface area contributed by atoms with Gasteiger partial charge >= 0.3 is 6.09 Å². The number of carbonyl (C=O) groups is 1. The molecular weight excluding hydrogens is 446 g/mol. The largest absolute Gasteiger partial charge is 0.496 e. The third-order valence-corrected chi connectivity index (χ3v) is 6.16. The fraction of sp³-hybridized carbons (Fsp3) is 0.500. The number of nitrogens with zero attached hydrogens (tertiary/aromatic N) is 5. The quantitative estimate of drug-likeness (QED) is 0.535. The first kappa shape index (κ1) is 24.8. The summed E-state index contributed by atoms with van der Waals surface area (Å²) in [6.45, 7) is 12.6. The molecule has 2 aromatic heterocycles. The van der Waals surface area contributed by atoms with Crippen molar-refractivity contribution in [2.75, 3.05) is 43.2 Å². The zero-order valence-electron chi connectivity index (χ0n) is 21.7. The summed E-state index contributed by atoms with van der Waals surface area (Å²) in [6.07, 6.45) is 3.21. The second kappa shape index (κ2) is 9.73. The lowest BCUT2D eigenvalue weighted by atomic mass is 10.1. The van der Waals surface area contributed by atoms with Crippen molar-refractivity contribution in [3.8, 4) is 5.75 Å². The van der Waals surface area contributed by atoms with Gasteiger partial charge in [0.15, 0.2) is 0 Å². The monoisotopic (exact) mass is 481 g/mol. The van der Waals surface area contributed by atoms with E-state index in [0.717, 1.165) is 57.9 Å². The van der Waals surface area contributed by atoms with Crippen molar-refractivity contribution in [3.05, 3.63) is 41.3 Å². The van der Waals surface area contributed by atoms with Crippen LogP contribution in [0.15, 0.2) is 24.5 Å². The van der Waals surface area contributed by atoms with Crippen LogP contribution < -0.4 is 14.5 Å². The second-order valence-electron chi connectivity index (χ2n) is 9.88. The van der Waals surface area contributed by atoms with Gasteiger partial charge in [0.1, 0.15) is 11.4 Å². The smallest absolute Gasteiger partial charge is 0.415 e. The highest BCUT2D eigenvalue weighted by Gasteiger charge is 2.27. The van der Waals surface area contributed by atoms with Crippen molar-refractivity contribution in [2.45, 2.75) is 46.8 Å². The number of ether oxygens (including phenoxy) is 3. The SMILES string of the molecule is COc1c(C)cnc(CN(C(=O)OC(C)(C)C)c2cc(N3CCOCC3)c3cnn(C)c3c2)c1C. The Balaban J connectivity index is 1.84. The molecule has 9 nitrogen and oxygen atoms in total. The molecule has 1 amide bonds. The van der Waals surface area contributed by atoms with Gasteiger partial charge in [0.05, 0.1) is 55.7 Å². The Hall–Kier alpha value is -3.33. The average molecular weight is 482 g/mol. The highest BCUT2D eigenvalue weighted by molar-refractivity contribution is 5.99. The molecule has 188 valence electrons. The minimum absolute atomic E-state index is 0.239. The Morgan fingerprint density at radius 1 is 1.17 bits per heavy atom. The predicted octanol–water partition coefficient (Wildman–Crippen LogP) is 4.37. The zero-order chi connectivity index (χ0) is 25.3. The minimum Gasteiger partial charge on any atom is -0.496 e. The standard InChI is InChI=1S/C26H35N5O4/c1-17-14-27-21(18(2)24(17)33-7)16-31(25(32)35-26(3,4)5)19-12-22-20(15-28-29(22)6)23(13-19)30-8-10-34-11-9-30/h12-15H,8-11,16H2,1-7H3. The van der Waals surface area contributed by atoms with Crippen molar-refractivity contribution >= 4 is 28.4 Å². The molecule has 3 heterocycles. The summed E-state index contributed by atoms with van der Waals surface area (Å²) in [6, 6.07) is 4.02. The van der Waals surface area contributed by atoms with Crippen LogP contribution in [0, 0.1) is 13.8 Å². The number of amides is 1. The molecule has 1 aliphatic heterocycles. The Morgan fingerprint density at radius 3 is 2.54 bits per heavy atom. The number of anilines is 2. The van der Waals surface area contributed by atoms with Crippen LogP contribution in [0.4, 0.5) is 16.2 Å². The lowest BCUT2D eigenvalue weighted by Crippen LogP contribution is -2.38. The average Bonchev–Trinajstić information content (AvgIpc) is 3.18. The maximum Gasteiger partial charge on any atom is 0.415 e. The van der Waals surface area contributed by atoms with Crippen LogP contribution in [0.5, 0.6) is 5.75 Å². The lowest BCUT2D eigenvalue weighted by molar-refractivity contribution is 0.0577. The molecule has 0 atom stereocenters. The summed E-state index contributed by atoms with van der Waals surface area (Å²) in [5.74, 6) is 0.773. The number of carbonyl (C=O) groups excluding carboxylic acids is 1. The van der Waals surface area contributed by atoms with Gasteiger partial charge in [-0.1, -0.05) is 0 Å². The van der Waals surface area contributed by atoms with Crippen molar-refractivity contribution in [1.82, 2.24) is 14.8 Å². The number of rotatable bonds is 5. The van der Waals surface area contributed by atoms with E-state index in [0.29, 0.717) is 13.2 Å². The number of methoxy groups -OCH3 is 1. The van der Waals surface area contributed by atoms with Crippen LogP contribution in [0.1, 0.15) is 37.6 Å². The van der Waals surface area contributed by atoms with E-state index in [1.54, 1.807) is 18.2 Å². The number of aromatic nitrogens is 3. The zero-order valence-corrected chi connectivity index (χ0v) is 21.7. The molecule has 1 fully saturated rings. The van der Waals surface area contributed by atoms with Crippen LogP contribution >= 0.6 is 0 Å². The summed E-state index contributed by atoms with van der Waals surface area (Å²) in [5.41, 5.74) is 4.62. The van der Waals surface area contributed by atoms with E-state index in [4.69, 9.17) is 14.2 Å². The summed E-state index contributed by atoms with van der Waals surface area (Å²) < 4.78 is 18.8. The number of aryl methyl sites for hydroxylation is 2. The Morgan fingerprint density at radius 2 is 1.89 bits per heavy atom. The number of morpholine rings is 1. The van der Waals surface area contributed by atoms with Gasteiger partial charge in [-0.05, 0) is 46.8 Å². The Labute approximate surface area is 206 Å². The number of pyridine rings is 1. The molecule has 3 aromatic rings. The van der Waals surface area contributed by atoms with Gasteiger partial charge in [-0.15, -0.1) is 0 Å². The van der Waals surface area contributed by atoms with Crippen molar-refractivity contribution < 1.29 is 19.0 Å². The van der Waals surface area contributed by atoms with Crippen molar-refractivity contribution in [1.29, 1.82) is 0 Å². The maximum atomic E-state index is 13.5. The molecular formula is C26H35N5O4. The molecule has 1 aromatic carbocycles. The molecule has 9 heteroatoms. The van der Waals surface area contributed by atoms with Gasteiger partial charge in [0.25, 0.3) is 0 Å². The molecule has 0 spiro atoms. The van der Waals surface area contributed by atoms with E-state index >= 15 is 0 Å². The summed E-state index contributed by atoms with van der Waals surface area (Å²) >= 11 is 0. The van der Waals surface area contributed by atoms with Crippen LogP contribution in [0.2, 0.25) is 0 Å². The molecule has 0 unspecified atom stereocenters. The lowest BCUT2D eigenvalue weighted by Gasteiger charge is -2.32. The maximum absolute atomic E-state index is 13.5. The normalized spacial score (nSPS) is 14.3. The Kier molecular flexibility index (Phi) is 6.89. The molecule has 35 heavy (non-hydrogen) atoms. The van der Waals surface area contributed by atoms with Gasteiger partial charge < -0.3 is 19.1 Å². The van der Waals surface area contributed by atoms with E-state index in [-0.39, 0.29) is 6.54 Å². The van der Waals surface area contributed by atoms with Crippen molar-refractivity contribution in [2.24, 2.45) is 7.05 Å². The van der Waals surface area contributed by atoms with Crippen molar-refractivity contribution in [3.63, 3.8) is 0 Å². The van der Waals surface area contributed by atoms with Gasteiger partial charge in [-0.25, -0.2) is 4.79 Å². The first-order valence-corrected chi connectivity index (χ1v) is 11.9. The molecule has 4 rings (SSSR count). The second-order valence-corrected chi connectivity index (χ2v) is 9.88. The van der Waals surface area contributed by atoms with Crippen LogP contribution in [-0.4, -0.2) is 59.9 Å². The third kappa shape index (κ3) is 5.19. The van der Waals surface area contributed by atoms with E-state index in [2.05, 4.69) is 15.0 Å². The molecule has 0 saturated carbocycles. The summed E-state index contributed by atoms with van der Waals surface area (Å²) in [7, 11) is 3.55. The first-order chi connectivity index (χ1) is 16.6. The molecule has 0 radical (unpaired) electrons.